The van der Waals surface area contributed by atoms with Gasteiger partial charge in [0.15, 0.2) is 0 Å². The van der Waals surface area contributed by atoms with Crippen LogP contribution in [0.2, 0.25) is 0 Å². The van der Waals surface area contributed by atoms with Crippen LogP contribution in [0.4, 0.5) is 11.4 Å². The highest BCUT2D eigenvalue weighted by Crippen LogP contribution is 2.15. The van der Waals surface area contributed by atoms with E-state index in [4.69, 9.17) is 0 Å². The molecule has 0 aliphatic heterocycles. The van der Waals surface area contributed by atoms with Gasteiger partial charge in [0.25, 0.3) is 0 Å². The Hall–Kier alpha value is -5.10. The summed E-state index contributed by atoms with van der Waals surface area (Å²) in [6.45, 7) is 4.47. The summed E-state index contributed by atoms with van der Waals surface area (Å²) in [5.41, 5.74) is 1.43. The molecule has 6 heteroatoms. The van der Waals surface area contributed by atoms with E-state index in [1.807, 2.05) is 0 Å². The summed E-state index contributed by atoms with van der Waals surface area (Å²) >= 11 is 0. The van der Waals surface area contributed by atoms with E-state index in [-0.39, 0.29) is 23.3 Å². The lowest BCUT2D eigenvalue weighted by Gasteiger charge is -2.04. The van der Waals surface area contributed by atoms with E-state index in [0.29, 0.717) is 24.2 Å². The second kappa shape index (κ2) is 38.8. The Labute approximate surface area is 352 Å². The standard InChI is InChI=1S/2C26H37NO2/c2*1-2-3-4-5-6-7-8-9-10-11-12-13-14-15-16-17-18-19-26(29)27-24-20-22-25(28)23-21-24/h2*6-7,9-10,12-13,15-16,20-23,28H,2-5,8,11,14,17-19H2,1H3,(H,27,29)/b2*7-6-,10-9-,13-12-,16-15-. The van der Waals surface area contributed by atoms with E-state index in [1.54, 1.807) is 48.5 Å². The summed E-state index contributed by atoms with van der Waals surface area (Å²) in [5.74, 6) is 0.408. The van der Waals surface area contributed by atoms with Crippen molar-refractivity contribution in [2.24, 2.45) is 0 Å². The van der Waals surface area contributed by atoms with Crippen molar-refractivity contribution < 1.29 is 19.8 Å². The first-order valence-electron chi connectivity index (χ1n) is 21.8. The van der Waals surface area contributed by atoms with Crippen molar-refractivity contribution in [1.82, 2.24) is 0 Å². The Morgan fingerprint density at radius 1 is 0.397 bits per heavy atom. The minimum Gasteiger partial charge on any atom is -0.508 e. The highest BCUT2D eigenvalue weighted by molar-refractivity contribution is 5.91. The van der Waals surface area contributed by atoms with Gasteiger partial charge in [0, 0.05) is 24.2 Å². The second-order valence-corrected chi connectivity index (χ2v) is 14.2. The maximum atomic E-state index is 11.8. The smallest absolute Gasteiger partial charge is 0.224 e. The normalized spacial score (nSPS) is 12.0. The van der Waals surface area contributed by atoms with Gasteiger partial charge >= 0.3 is 0 Å². The van der Waals surface area contributed by atoms with E-state index in [2.05, 4.69) is 122 Å². The predicted octanol–water partition coefficient (Wildman–Crippen LogP) is 15.0. The minimum atomic E-state index is 0.00609. The molecule has 2 aromatic carbocycles. The van der Waals surface area contributed by atoms with E-state index < -0.39 is 0 Å². The fourth-order valence-corrected chi connectivity index (χ4v) is 5.42. The van der Waals surface area contributed by atoms with Crippen LogP contribution in [0, 0.1) is 0 Å². The Morgan fingerprint density at radius 2 is 0.655 bits per heavy atom. The van der Waals surface area contributed by atoms with Crippen LogP contribution >= 0.6 is 0 Å². The Morgan fingerprint density at radius 3 is 0.931 bits per heavy atom. The maximum Gasteiger partial charge on any atom is 0.224 e. The van der Waals surface area contributed by atoms with Crippen molar-refractivity contribution in [1.29, 1.82) is 0 Å². The highest BCUT2D eigenvalue weighted by Gasteiger charge is 2.02. The number of phenols is 2. The van der Waals surface area contributed by atoms with Crippen LogP contribution in [-0.2, 0) is 9.59 Å². The lowest BCUT2D eigenvalue weighted by atomic mass is 10.2. The zero-order chi connectivity index (χ0) is 42.0. The number of allylic oxidation sites excluding steroid dienone is 16. The van der Waals surface area contributed by atoms with E-state index in [9.17, 15) is 19.8 Å². The molecule has 0 aliphatic rings. The van der Waals surface area contributed by atoms with E-state index in [1.165, 1.54) is 51.4 Å². The minimum absolute atomic E-state index is 0.00609. The lowest BCUT2D eigenvalue weighted by molar-refractivity contribution is -0.117. The molecule has 2 amide bonds. The number of anilines is 2. The molecular formula is C52H74N2O4. The average molecular weight is 791 g/mol. The van der Waals surface area contributed by atoms with Crippen LogP contribution in [-0.4, -0.2) is 22.0 Å². The number of amides is 2. The molecule has 0 saturated carbocycles. The van der Waals surface area contributed by atoms with Gasteiger partial charge in [-0.3, -0.25) is 9.59 Å². The quantitative estimate of drug-likeness (QED) is 0.0360. The fraction of sp³-hybridized carbons (Fsp3) is 0.423. The summed E-state index contributed by atoms with van der Waals surface area (Å²) in [7, 11) is 0. The molecule has 58 heavy (non-hydrogen) atoms. The summed E-state index contributed by atoms with van der Waals surface area (Å²) in [4.78, 5) is 23.7. The number of hydrogen-bond acceptors (Lipinski definition) is 4. The summed E-state index contributed by atoms with van der Waals surface area (Å²) < 4.78 is 0. The predicted molar refractivity (Wildman–Crippen MR) is 250 cm³/mol. The van der Waals surface area contributed by atoms with Gasteiger partial charge in [-0.05, 0) is 138 Å². The number of benzene rings is 2. The molecule has 4 N–H and O–H groups in total. The van der Waals surface area contributed by atoms with Gasteiger partial charge in [-0.1, -0.05) is 137 Å². The van der Waals surface area contributed by atoms with Gasteiger partial charge < -0.3 is 20.8 Å². The van der Waals surface area contributed by atoms with Crippen molar-refractivity contribution in [3.8, 4) is 11.5 Å². The SMILES string of the molecule is CCCCC/C=C\C/C=C\C/C=C\C/C=C\CCCC(=O)Nc1ccc(O)cc1.CCCCC/C=C\C/C=C\C/C=C\C/C=C\CCCC(=O)Nc1ccc(O)cc1. The van der Waals surface area contributed by atoms with Crippen LogP contribution in [0.1, 0.15) is 142 Å². The first kappa shape index (κ1) is 50.9. The Bertz CT molecular complexity index is 1430. The number of nitrogens with one attached hydrogen (secondary N) is 2. The van der Waals surface area contributed by atoms with Gasteiger partial charge in [-0.15, -0.1) is 0 Å². The molecule has 316 valence electrons. The number of rotatable bonds is 30. The summed E-state index contributed by atoms with van der Waals surface area (Å²) in [6.07, 6.45) is 55.9. The van der Waals surface area contributed by atoms with Gasteiger partial charge in [-0.25, -0.2) is 0 Å². The molecule has 0 fully saturated rings. The van der Waals surface area contributed by atoms with Gasteiger partial charge in [0.05, 0.1) is 0 Å². The zero-order valence-corrected chi connectivity index (χ0v) is 35.7. The molecule has 0 aromatic heterocycles. The number of carbonyl (C=O) groups is 2. The number of hydrogen-bond donors (Lipinski definition) is 4. The second-order valence-electron chi connectivity index (χ2n) is 14.2. The molecule has 0 atom stereocenters. The molecule has 6 nitrogen and oxygen atoms in total. The van der Waals surface area contributed by atoms with E-state index in [0.717, 1.165) is 64.2 Å². The van der Waals surface area contributed by atoms with Crippen molar-refractivity contribution >= 4 is 23.2 Å². The molecule has 0 bridgehead atoms. The third-order valence-corrected chi connectivity index (χ3v) is 8.77. The van der Waals surface area contributed by atoms with Crippen molar-refractivity contribution in [2.75, 3.05) is 10.6 Å². The average Bonchev–Trinajstić information content (AvgIpc) is 3.22. The Balaban J connectivity index is 0.000000580. The molecule has 0 radical (unpaired) electrons. The molecule has 0 spiro atoms. The van der Waals surface area contributed by atoms with Crippen LogP contribution in [0.3, 0.4) is 0 Å². The molecule has 0 heterocycles. The topological polar surface area (TPSA) is 98.7 Å². The van der Waals surface area contributed by atoms with Gasteiger partial charge in [-0.2, -0.15) is 0 Å². The largest absolute Gasteiger partial charge is 0.508 e. The molecule has 0 aliphatic carbocycles. The zero-order valence-electron chi connectivity index (χ0n) is 35.7. The maximum absolute atomic E-state index is 11.8. The lowest BCUT2D eigenvalue weighted by Crippen LogP contribution is -2.10. The number of unbranched alkanes of at least 4 members (excludes halogenated alkanes) is 8. The molecule has 2 rings (SSSR count). The summed E-state index contributed by atoms with van der Waals surface area (Å²) in [5, 5.41) is 24.1. The van der Waals surface area contributed by atoms with Crippen molar-refractivity contribution in [2.45, 2.75) is 142 Å². The van der Waals surface area contributed by atoms with Crippen LogP contribution < -0.4 is 10.6 Å². The third kappa shape index (κ3) is 34.2. The fourth-order valence-electron chi connectivity index (χ4n) is 5.42. The molecule has 2 aromatic rings. The van der Waals surface area contributed by atoms with Crippen molar-refractivity contribution in [3.63, 3.8) is 0 Å². The first-order chi connectivity index (χ1) is 28.4. The Kier molecular flexibility index (Phi) is 34.0. The molecule has 0 unspecified atom stereocenters. The van der Waals surface area contributed by atoms with Crippen LogP contribution in [0.5, 0.6) is 11.5 Å². The number of phenolic OH excluding ortho intramolecular Hbond substituents is 2. The van der Waals surface area contributed by atoms with Crippen LogP contribution in [0.25, 0.3) is 0 Å². The van der Waals surface area contributed by atoms with Gasteiger partial charge in [0.2, 0.25) is 11.8 Å². The van der Waals surface area contributed by atoms with Crippen molar-refractivity contribution in [3.05, 3.63) is 146 Å². The van der Waals surface area contributed by atoms with Crippen LogP contribution in [0.15, 0.2) is 146 Å². The summed E-state index contributed by atoms with van der Waals surface area (Å²) in [6, 6.07) is 13.0. The number of aromatic hydroxyl groups is 2. The number of carbonyl (C=O) groups excluding carboxylic acids is 2. The highest BCUT2D eigenvalue weighted by atomic mass is 16.3. The third-order valence-electron chi connectivity index (χ3n) is 8.77. The van der Waals surface area contributed by atoms with E-state index >= 15 is 0 Å². The van der Waals surface area contributed by atoms with Gasteiger partial charge in [0.1, 0.15) is 11.5 Å². The monoisotopic (exact) mass is 791 g/mol. The first-order valence-corrected chi connectivity index (χ1v) is 21.8. The molecule has 0 saturated heterocycles. The molecular weight excluding hydrogens is 717 g/mol.